The van der Waals surface area contributed by atoms with Crippen molar-refractivity contribution in [1.82, 2.24) is 45.0 Å². The average molecular weight is 746 g/mol. The largest absolute Gasteiger partial charge is 0.381 e. The number of carbonyl (C=O) groups excluding carboxylic acids is 3. The van der Waals surface area contributed by atoms with Crippen LogP contribution in [-0.2, 0) is 34.0 Å². The van der Waals surface area contributed by atoms with Gasteiger partial charge in [0.1, 0.15) is 29.3 Å². The van der Waals surface area contributed by atoms with Gasteiger partial charge in [0.25, 0.3) is 11.8 Å². The molecule has 284 valence electrons. The summed E-state index contributed by atoms with van der Waals surface area (Å²) < 4.78 is 54.2. The van der Waals surface area contributed by atoms with Crippen molar-refractivity contribution in [2.75, 3.05) is 32.8 Å². The molecular weight excluding hydrogens is 703 g/mol. The lowest BCUT2D eigenvalue weighted by Crippen LogP contribution is -2.51. The molecule has 2 N–H and O–H groups in total. The van der Waals surface area contributed by atoms with Gasteiger partial charge in [0, 0.05) is 75.3 Å². The van der Waals surface area contributed by atoms with Crippen LogP contribution in [0.3, 0.4) is 0 Å². The maximum atomic E-state index is 15.3. The summed E-state index contributed by atoms with van der Waals surface area (Å²) in [6, 6.07) is 11.2. The number of aromatic nitrogens is 5. The Morgan fingerprint density at radius 2 is 1.80 bits per heavy atom. The van der Waals surface area contributed by atoms with E-state index in [0.717, 1.165) is 28.7 Å². The number of imide groups is 1. The van der Waals surface area contributed by atoms with E-state index in [-0.39, 0.29) is 43.4 Å². The summed E-state index contributed by atoms with van der Waals surface area (Å²) in [5, 5.41) is 14.4. The summed E-state index contributed by atoms with van der Waals surface area (Å²) in [5.74, 6) is -2.30. The lowest BCUT2D eigenvalue weighted by Gasteiger charge is -2.40. The van der Waals surface area contributed by atoms with E-state index in [0.29, 0.717) is 50.7 Å². The molecule has 5 heterocycles. The third-order valence-electron chi connectivity index (χ3n) is 10.1. The number of nitrogens with one attached hydrogen (secondary N) is 2. The van der Waals surface area contributed by atoms with Gasteiger partial charge in [-0.05, 0) is 49.4 Å². The van der Waals surface area contributed by atoms with Gasteiger partial charge in [-0.25, -0.2) is 22.9 Å². The molecule has 2 saturated heterocycles. The van der Waals surface area contributed by atoms with Gasteiger partial charge in [-0.1, -0.05) is 35.5 Å². The van der Waals surface area contributed by atoms with Crippen LogP contribution >= 0.6 is 0 Å². The summed E-state index contributed by atoms with van der Waals surface area (Å²) in [6.45, 7) is 3.82. The Labute approximate surface area is 310 Å². The van der Waals surface area contributed by atoms with Gasteiger partial charge in [0.15, 0.2) is 0 Å². The predicted octanol–water partition coefficient (Wildman–Crippen LogP) is 4.02. The topological polar surface area (TPSA) is 140 Å². The maximum absolute atomic E-state index is 15.3. The number of carbonyl (C=O) groups is 3. The summed E-state index contributed by atoms with van der Waals surface area (Å²) in [6.07, 6.45) is 5.68. The van der Waals surface area contributed by atoms with E-state index in [1.807, 2.05) is 34.9 Å². The lowest BCUT2D eigenvalue weighted by atomic mass is 9.89. The molecule has 16 heteroatoms. The Bertz CT molecular complexity index is 1980. The molecule has 2 aromatic carbocycles. The van der Waals surface area contributed by atoms with Crippen LogP contribution in [0, 0.1) is 23.5 Å². The zero-order valence-electron chi connectivity index (χ0n) is 29.8. The van der Waals surface area contributed by atoms with Crippen molar-refractivity contribution in [3.63, 3.8) is 0 Å². The van der Waals surface area contributed by atoms with Crippen LogP contribution in [0.15, 0.2) is 73.1 Å². The van der Waals surface area contributed by atoms with E-state index < -0.39 is 53.7 Å². The van der Waals surface area contributed by atoms with Crippen LogP contribution in [0.25, 0.3) is 11.3 Å². The molecule has 4 atom stereocenters. The third-order valence-corrected chi connectivity index (χ3v) is 10.1. The number of hydrogen-bond acceptors (Lipinski definition) is 8. The zero-order valence-corrected chi connectivity index (χ0v) is 29.8. The number of rotatable bonds is 13. The van der Waals surface area contributed by atoms with Crippen LogP contribution < -0.4 is 10.6 Å². The summed E-state index contributed by atoms with van der Waals surface area (Å²) in [7, 11) is 0. The molecule has 3 aliphatic heterocycles. The molecule has 13 nitrogen and oxygen atoms in total. The number of hydrogen-bond donors (Lipinski definition) is 2. The van der Waals surface area contributed by atoms with E-state index in [9.17, 15) is 18.8 Å². The van der Waals surface area contributed by atoms with E-state index >= 15 is 8.78 Å². The van der Waals surface area contributed by atoms with Crippen LogP contribution in [0.5, 0.6) is 0 Å². The fraction of sp³-hybridized carbons (Fsp3) is 0.421. The fourth-order valence-corrected chi connectivity index (χ4v) is 7.36. The Balaban J connectivity index is 1.22. The standard InChI is InChI=1S/C38H42F3N9O4/c1-24(18-48-21-29(45-46-48)22-49-34(51)9-10-35(49)52)43-38(53)50(20-27-16-42-17-32(27)41)36(26-11-13-54-14-12-26)37-44-33(30-15-28(39)7-8-31(30)40)23-47(37)19-25-5-3-2-4-6-25/h2-10,15,21,23-24,26-27,32,36,42H,11-14,16-20,22H2,1H3,(H,43,53). The predicted molar refractivity (Wildman–Crippen MR) is 190 cm³/mol. The number of benzene rings is 2. The normalized spacial score (nSPS) is 20.1. The first-order valence-electron chi connectivity index (χ1n) is 18.1. The van der Waals surface area contributed by atoms with Gasteiger partial charge < -0.3 is 24.8 Å². The van der Waals surface area contributed by atoms with E-state index in [2.05, 4.69) is 20.9 Å². The first-order valence-corrected chi connectivity index (χ1v) is 18.1. The quantitative estimate of drug-likeness (QED) is 0.196. The molecule has 0 spiro atoms. The molecule has 4 unspecified atom stereocenters. The summed E-state index contributed by atoms with van der Waals surface area (Å²) in [4.78, 5) is 46.3. The molecule has 0 aliphatic carbocycles. The monoisotopic (exact) mass is 745 g/mol. The van der Waals surface area contributed by atoms with Gasteiger partial charge in [0.05, 0.1) is 31.0 Å². The van der Waals surface area contributed by atoms with Gasteiger partial charge in [-0.3, -0.25) is 19.2 Å². The van der Waals surface area contributed by atoms with Gasteiger partial charge in [-0.15, -0.1) is 5.10 Å². The van der Waals surface area contributed by atoms with Gasteiger partial charge >= 0.3 is 6.03 Å². The Hall–Kier alpha value is -5.35. The highest BCUT2D eigenvalue weighted by Crippen LogP contribution is 2.38. The Morgan fingerprint density at radius 1 is 1.04 bits per heavy atom. The second kappa shape index (κ2) is 16.3. The van der Waals surface area contributed by atoms with E-state index in [1.54, 1.807) is 24.2 Å². The van der Waals surface area contributed by atoms with E-state index in [1.165, 1.54) is 16.8 Å². The third kappa shape index (κ3) is 8.39. The molecule has 2 aromatic heterocycles. The van der Waals surface area contributed by atoms with Crippen molar-refractivity contribution >= 4 is 17.8 Å². The number of urea groups is 1. The minimum absolute atomic E-state index is 0.0100. The minimum atomic E-state index is -1.19. The molecule has 4 aromatic rings. The number of halogens is 3. The zero-order chi connectivity index (χ0) is 37.8. The molecule has 2 fully saturated rings. The van der Waals surface area contributed by atoms with Crippen LogP contribution in [0.2, 0.25) is 0 Å². The van der Waals surface area contributed by atoms with Gasteiger partial charge in [-0.2, -0.15) is 0 Å². The van der Waals surface area contributed by atoms with E-state index in [4.69, 9.17) is 9.72 Å². The number of amides is 4. The van der Waals surface area contributed by atoms with Crippen molar-refractivity contribution in [3.8, 4) is 11.3 Å². The average Bonchev–Trinajstić information content (AvgIpc) is 3.96. The SMILES string of the molecule is CC(Cn1cc(CN2C(=O)C=CC2=O)nn1)NC(=O)N(CC1CNCC1F)C(c1nc(-c2cc(F)ccc2F)cn1Cc1ccccc1)C1CCOCC1. The van der Waals surface area contributed by atoms with Crippen molar-refractivity contribution in [3.05, 3.63) is 102 Å². The molecular formula is C38H42F3N9O4. The fourth-order valence-electron chi connectivity index (χ4n) is 7.36. The second-order valence-corrected chi connectivity index (χ2v) is 14.1. The van der Waals surface area contributed by atoms with Gasteiger partial charge in [0.2, 0.25) is 0 Å². The highest BCUT2D eigenvalue weighted by molar-refractivity contribution is 6.12. The smallest absolute Gasteiger partial charge is 0.318 e. The van der Waals surface area contributed by atoms with Crippen molar-refractivity contribution in [2.24, 2.45) is 11.8 Å². The van der Waals surface area contributed by atoms with Crippen LogP contribution in [0.4, 0.5) is 18.0 Å². The Morgan fingerprint density at radius 3 is 2.52 bits per heavy atom. The molecule has 3 aliphatic rings. The van der Waals surface area contributed by atoms with Crippen molar-refractivity contribution in [1.29, 1.82) is 0 Å². The first-order chi connectivity index (χ1) is 26.1. The van der Waals surface area contributed by atoms with Crippen LogP contribution in [-0.4, -0.2) is 97.3 Å². The lowest BCUT2D eigenvalue weighted by molar-refractivity contribution is -0.137. The molecule has 54 heavy (non-hydrogen) atoms. The Kier molecular flexibility index (Phi) is 11.2. The number of imidazole rings is 1. The first kappa shape index (κ1) is 37.0. The second-order valence-electron chi connectivity index (χ2n) is 14.1. The van der Waals surface area contributed by atoms with Crippen molar-refractivity contribution < 1.29 is 32.3 Å². The number of ether oxygens (including phenoxy) is 1. The highest BCUT2D eigenvalue weighted by Gasteiger charge is 2.40. The molecule has 0 bridgehead atoms. The minimum Gasteiger partial charge on any atom is -0.381 e. The number of nitrogens with zero attached hydrogens (tertiary/aromatic N) is 7. The summed E-state index contributed by atoms with van der Waals surface area (Å²) >= 11 is 0. The number of alkyl halides is 1. The maximum Gasteiger partial charge on any atom is 0.318 e. The molecule has 0 saturated carbocycles. The summed E-state index contributed by atoms with van der Waals surface area (Å²) in [5.41, 5.74) is 1.54. The van der Waals surface area contributed by atoms with Crippen LogP contribution in [0.1, 0.15) is 42.9 Å². The van der Waals surface area contributed by atoms with Crippen molar-refractivity contribution in [2.45, 2.75) is 57.7 Å². The highest BCUT2D eigenvalue weighted by atomic mass is 19.1. The molecule has 4 amide bonds. The molecule has 7 rings (SSSR count). The molecule has 0 radical (unpaired) electrons.